The third kappa shape index (κ3) is 8.01. The number of hydrogen-bond acceptors (Lipinski definition) is 3. The van der Waals surface area contributed by atoms with E-state index < -0.39 is 0 Å². The summed E-state index contributed by atoms with van der Waals surface area (Å²) in [5, 5.41) is 5.89. The highest BCUT2D eigenvalue weighted by Gasteiger charge is 2.10. The van der Waals surface area contributed by atoms with Gasteiger partial charge in [-0.2, -0.15) is 0 Å². The van der Waals surface area contributed by atoms with E-state index in [1.807, 2.05) is 31.9 Å². The van der Waals surface area contributed by atoms with Crippen molar-refractivity contribution in [2.45, 2.75) is 26.4 Å². The first-order valence-corrected chi connectivity index (χ1v) is 7.98. The second-order valence-corrected chi connectivity index (χ2v) is 7.23. The van der Waals surface area contributed by atoms with Gasteiger partial charge in [0.05, 0.1) is 16.9 Å². The molecule has 8 heteroatoms. The SMILES string of the molecule is CN=C(NCC(=O)NC(C)C)N(C)Cc1ccc(Br)s1.I. The number of thiophene rings is 1. The van der Waals surface area contributed by atoms with Crippen LogP contribution in [0.3, 0.4) is 0 Å². The van der Waals surface area contributed by atoms with Crippen LogP contribution in [0.25, 0.3) is 0 Å². The van der Waals surface area contributed by atoms with Crippen molar-refractivity contribution in [3.8, 4) is 0 Å². The second kappa shape index (κ2) is 10.4. The van der Waals surface area contributed by atoms with Crippen molar-refractivity contribution in [1.82, 2.24) is 15.5 Å². The Labute approximate surface area is 155 Å². The monoisotopic (exact) mass is 488 g/mol. The van der Waals surface area contributed by atoms with Gasteiger partial charge in [-0.15, -0.1) is 35.3 Å². The van der Waals surface area contributed by atoms with E-state index in [4.69, 9.17) is 0 Å². The number of nitrogens with one attached hydrogen (secondary N) is 2. The van der Waals surface area contributed by atoms with Crippen LogP contribution in [0, 0.1) is 0 Å². The molecular formula is C13H22BrIN4OS. The summed E-state index contributed by atoms with van der Waals surface area (Å²) in [6, 6.07) is 4.25. The van der Waals surface area contributed by atoms with E-state index in [1.165, 1.54) is 4.88 Å². The van der Waals surface area contributed by atoms with Gasteiger partial charge in [-0.3, -0.25) is 9.79 Å². The molecule has 0 atom stereocenters. The van der Waals surface area contributed by atoms with Crippen molar-refractivity contribution in [3.05, 3.63) is 20.8 Å². The van der Waals surface area contributed by atoms with Crippen LogP contribution in [0.2, 0.25) is 0 Å². The van der Waals surface area contributed by atoms with Gasteiger partial charge < -0.3 is 15.5 Å². The summed E-state index contributed by atoms with van der Waals surface area (Å²) in [6.07, 6.45) is 0. The van der Waals surface area contributed by atoms with Crippen LogP contribution in [0.5, 0.6) is 0 Å². The molecule has 0 aliphatic heterocycles. The molecule has 1 aromatic heterocycles. The Morgan fingerprint density at radius 2 is 2.14 bits per heavy atom. The number of rotatable bonds is 5. The normalized spacial score (nSPS) is 11.0. The van der Waals surface area contributed by atoms with Crippen molar-refractivity contribution in [2.75, 3.05) is 20.6 Å². The molecule has 0 aliphatic rings. The van der Waals surface area contributed by atoms with Gasteiger partial charge in [-0.1, -0.05) is 0 Å². The fraction of sp³-hybridized carbons (Fsp3) is 0.538. The fourth-order valence-electron chi connectivity index (χ4n) is 1.66. The predicted octanol–water partition coefficient (Wildman–Crippen LogP) is 2.66. The molecule has 2 N–H and O–H groups in total. The maximum absolute atomic E-state index is 11.6. The van der Waals surface area contributed by atoms with Gasteiger partial charge in [0.1, 0.15) is 0 Å². The van der Waals surface area contributed by atoms with E-state index in [1.54, 1.807) is 18.4 Å². The zero-order chi connectivity index (χ0) is 15.1. The first-order valence-electron chi connectivity index (χ1n) is 6.37. The molecule has 0 aliphatic carbocycles. The number of carbonyl (C=O) groups excluding carboxylic acids is 1. The maximum Gasteiger partial charge on any atom is 0.239 e. The Morgan fingerprint density at radius 1 is 1.48 bits per heavy atom. The van der Waals surface area contributed by atoms with Crippen LogP contribution in [0.15, 0.2) is 20.9 Å². The molecule has 0 spiro atoms. The number of halogens is 2. The summed E-state index contributed by atoms with van der Waals surface area (Å²) in [4.78, 5) is 19.0. The zero-order valence-electron chi connectivity index (χ0n) is 12.6. The Bertz CT molecular complexity index is 478. The number of carbonyl (C=O) groups is 1. The van der Waals surface area contributed by atoms with Crippen molar-refractivity contribution in [3.63, 3.8) is 0 Å². The lowest BCUT2D eigenvalue weighted by Crippen LogP contribution is -2.44. The van der Waals surface area contributed by atoms with Crippen LogP contribution in [0.4, 0.5) is 0 Å². The summed E-state index contributed by atoms with van der Waals surface area (Å²) >= 11 is 5.14. The smallest absolute Gasteiger partial charge is 0.239 e. The highest BCUT2D eigenvalue weighted by molar-refractivity contribution is 14.0. The topological polar surface area (TPSA) is 56.7 Å². The van der Waals surface area contributed by atoms with E-state index >= 15 is 0 Å². The minimum atomic E-state index is -0.0339. The minimum absolute atomic E-state index is 0. The molecule has 5 nitrogen and oxygen atoms in total. The number of guanidine groups is 1. The van der Waals surface area contributed by atoms with Crippen LogP contribution in [0.1, 0.15) is 18.7 Å². The van der Waals surface area contributed by atoms with Crippen molar-refractivity contribution in [2.24, 2.45) is 4.99 Å². The molecule has 1 amide bonds. The van der Waals surface area contributed by atoms with Crippen molar-refractivity contribution in [1.29, 1.82) is 0 Å². The van der Waals surface area contributed by atoms with Crippen LogP contribution >= 0.6 is 51.2 Å². The van der Waals surface area contributed by atoms with E-state index in [-0.39, 0.29) is 42.5 Å². The molecule has 0 saturated carbocycles. The molecule has 0 saturated heterocycles. The lowest BCUT2D eigenvalue weighted by molar-refractivity contribution is -0.120. The number of nitrogens with zero attached hydrogens (tertiary/aromatic N) is 2. The average molecular weight is 489 g/mol. The summed E-state index contributed by atoms with van der Waals surface area (Å²) in [6.45, 7) is 4.85. The third-order valence-corrected chi connectivity index (χ3v) is 4.06. The highest BCUT2D eigenvalue weighted by Crippen LogP contribution is 2.22. The standard InChI is InChI=1S/C13H21BrN4OS.HI/c1-9(2)17-12(19)7-16-13(15-3)18(4)8-10-5-6-11(14)20-10;/h5-6,9H,7-8H2,1-4H3,(H,15,16)(H,17,19);1H. The van der Waals surface area contributed by atoms with Gasteiger partial charge in [0, 0.05) is 25.0 Å². The Morgan fingerprint density at radius 3 is 2.62 bits per heavy atom. The molecule has 21 heavy (non-hydrogen) atoms. The zero-order valence-corrected chi connectivity index (χ0v) is 17.4. The molecule has 0 radical (unpaired) electrons. The van der Waals surface area contributed by atoms with Gasteiger partial charge in [0.2, 0.25) is 5.91 Å². The lowest BCUT2D eigenvalue weighted by atomic mass is 10.4. The Kier molecular flexibility index (Phi) is 10.2. The van der Waals surface area contributed by atoms with Crippen LogP contribution in [-0.2, 0) is 11.3 Å². The largest absolute Gasteiger partial charge is 0.352 e. The fourth-order valence-corrected chi connectivity index (χ4v) is 3.20. The number of amides is 1. The molecule has 0 unspecified atom stereocenters. The average Bonchev–Trinajstić information content (AvgIpc) is 2.74. The molecule has 1 aromatic rings. The molecule has 1 heterocycles. The van der Waals surface area contributed by atoms with E-state index in [0.29, 0.717) is 5.96 Å². The number of aliphatic imine (C=N–C) groups is 1. The van der Waals surface area contributed by atoms with Gasteiger partial charge >= 0.3 is 0 Å². The second-order valence-electron chi connectivity index (χ2n) is 4.68. The quantitative estimate of drug-likeness (QED) is 0.380. The summed E-state index contributed by atoms with van der Waals surface area (Å²) in [5.41, 5.74) is 0. The minimum Gasteiger partial charge on any atom is -0.352 e. The Balaban J connectivity index is 0.00000400. The third-order valence-electron chi connectivity index (χ3n) is 2.45. The Hall–Kier alpha value is -0.350. The summed E-state index contributed by atoms with van der Waals surface area (Å²) in [7, 11) is 3.66. The molecular weight excluding hydrogens is 467 g/mol. The van der Waals surface area contributed by atoms with Crippen LogP contribution < -0.4 is 10.6 Å². The summed E-state index contributed by atoms with van der Waals surface area (Å²) < 4.78 is 1.11. The maximum atomic E-state index is 11.6. The predicted molar refractivity (Wildman–Crippen MR) is 104 cm³/mol. The summed E-state index contributed by atoms with van der Waals surface area (Å²) in [5.74, 6) is 0.668. The molecule has 1 rings (SSSR count). The molecule has 120 valence electrons. The molecule has 0 bridgehead atoms. The lowest BCUT2D eigenvalue weighted by Gasteiger charge is -2.21. The van der Waals surface area contributed by atoms with Crippen molar-refractivity contribution >= 4 is 63.1 Å². The highest BCUT2D eigenvalue weighted by atomic mass is 127. The number of hydrogen-bond donors (Lipinski definition) is 2. The van der Waals surface area contributed by atoms with Gasteiger partial charge in [0.25, 0.3) is 0 Å². The van der Waals surface area contributed by atoms with Crippen molar-refractivity contribution < 1.29 is 4.79 Å². The molecule has 0 fully saturated rings. The van der Waals surface area contributed by atoms with E-state index in [9.17, 15) is 4.79 Å². The van der Waals surface area contributed by atoms with Gasteiger partial charge in [0.15, 0.2) is 5.96 Å². The first kappa shape index (κ1) is 20.6. The van der Waals surface area contributed by atoms with Gasteiger partial charge in [-0.05, 0) is 41.9 Å². The van der Waals surface area contributed by atoms with E-state index in [0.717, 1.165) is 10.3 Å². The van der Waals surface area contributed by atoms with Crippen LogP contribution in [-0.4, -0.2) is 43.4 Å². The van der Waals surface area contributed by atoms with E-state index in [2.05, 4.69) is 37.6 Å². The first-order chi connectivity index (χ1) is 9.42. The molecule has 0 aromatic carbocycles. The van der Waals surface area contributed by atoms with Gasteiger partial charge in [-0.25, -0.2) is 0 Å².